The fourth-order valence-corrected chi connectivity index (χ4v) is 1.24. The van der Waals surface area contributed by atoms with Crippen LogP contribution in [0.4, 0.5) is 0 Å². The largest absolute Gasteiger partial charge is 0.394 e. The van der Waals surface area contributed by atoms with E-state index in [0.29, 0.717) is 6.42 Å². The second-order valence-corrected chi connectivity index (χ2v) is 4.07. The molecule has 0 amide bonds. The molecule has 5 heteroatoms. The summed E-state index contributed by atoms with van der Waals surface area (Å²) < 4.78 is 0. The predicted octanol–water partition coefficient (Wildman–Crippen LogP) is 2.16. The van der Waals surface area contributed by atoms with E-state index in [-0.39, 0.29) is 0 Å². The molecule has 0 aliphatic rings. The molecule has 0 aliphatic heterocycles. The van der Waals surface area contributed by atoms with E-state index >= 15 is 0 Å². The lowest BCUT2D eigenvalue weighted by molar-refractivity contribution is 0.0347. The molecule has 5 nitrogen and oxygen atoms in total. The molecule has 0 bridgehead atoms. The molecule has 2 atom stereocenters. The summed E-state index contributed by atoms with van der Waals surface area (Å²) in [4.78, 5) is 2.71. The second kappa shape index (κ2) is 6.45. The van der Waals surface area contributed by atoms with Crippen molar-refractivity contribution < 1.29 is 10.2 Å². The van der Waals surface area contributed by atoms with Gasteiger partial charge in [-0.3, -0.25) is 0 Å². The zero-order valence-corrected chi connectivity index (χ0v) is 9.51. The lowest BCUT2D eigenvalue weighted by Crippen LogP contribution is -2.39. The minimum Gasteiger partial charge on any atom is -0.394 e. The summed E-state index contributed by atoms with van der Waals surface area (Å²) in [6.07, 6.45) is 2.23. The number of nitrogens with zero attached hydrogens (tertiary/aromatic N) is 3. The summed E-state index contributed by atoms with van der Waals surface area (Å²) in [5.74, 6) is 0. The van der Waals surface area contributed by atoms with E-state index in [9.17, 15) is 5.11 Å². The van der Waals surface area contributed by atoms with Gasteiger partial charge in [0.05, 0.1) is 18.2 Å². The molecule has 0 fully saturated rings. The molecule has 86 valence electrons. The first-order chi connectivity index (χ1) is 6.96. The summed E-state index contributed by atoms with van der Waals surface area (Å²) in [7, 11) is 0. The molecule has 0 radical (unpaired) electrons. The van der Waals surface area contributed by atoms with Crippen molar-refractivity contribution in [2.45, 2.75) is 45.3 Å². The fourth-order valence-electron chi connectivity index (χ4n) is 1.24. The Balaban J connectivity index is 4.52. The molecule has 2 N–H and O–H groups in total. The molecule has 0 saturated carbocycles. The molecule has 0 aromatic rings. The van der Waals surface area contributed by atoms with Crippen LogP contribution in [0.3, 0.4) is 0 Å². The molecule has 0 aromatic carbocycles. The maximum atomic E-state index is 9.54. The van der Waals surface area contributed by atoms with Crippen molar-refractivity contribution in [1.82, 2.24) is 0 Å². The lowest BCUT2D eigenvalue weighted by atomic mass is 9.90. The first-order valence-electron chi connectivity index (χ1n) is 4.95. The van der Waals surface area contributed by atoms with Gasteiger partial charge in [0.15, 0.2) is 0 Å². The van der Waals surface area contributed by atoms with Crippen molar-refractivity contribution in [1.29, 1.82) is 0 Å². The highest BCUT2D eigenvalue weighted by molar-refractivity contribution is 4.97. The van der Waals surface area contributed by atoms with E-state index in [2.05, 4.69) is 10.0 Å². The van der Waals surface area contributed by atoms with Crippen LogP contribution in [-0.2, 0) is 0 Å². The average Bonchev–Trinajstić information content (AvgIpc) is 2.16. The Hall–Kier alpha value is -1.03. The van der Waals surface area contributed by atoms with Crippen LogP contribution in [0.15, 0.2) is 16.8 Å². The second-order valence-electron chi connectivity index (χ2n) is 4.07. The molecule has 0 aliphatic carbocycles. The van der Waals surface area contributed by atoms with E-state index in [1.165, 1.54) is 5.57 Å². The Labute approximate surface area is 90.1 Å². The van der Waals surface area contributed by atoms with E-state index in [0.717, 1.165) is 6.42 Å². The number of aliphatic hydroxyl groups excluding tert-OH is 2. The number of azide groups is 1. The highest BCUT2D eigenvalue weighted by atomic mass is 16.3. The third kappa shape index (κ3) is 4.83. The maximum Gasteiger partial charge on any atom is 0.0881 e. The van der Waals surface area contributed by atoms with Crippen LogP contribution in [-0.4, -0.2) is 28.5 Å². The monoisotopic (exact) mass is 213 g/mol. The van der Waals surface area contributed by atoms with E-state index in [1.807, 2.05) is 19.9 Å². The highest BCUT2D eigenvalue weighted by Gasteiger charge is 2.30. The lowest BCUT2D eigenvalue weighted by Gasteiger charge is -2.27. The van der Waals surface area contributed by atoms with Crippen molar-refractivity contribution >= 4 is 0 Å². The summed E-state index contributed by atoms with van der Waals surface area (Å²) >= 11 is 0. The van der Waals surface area contributed by atoms with Gasteiger partial charge in [-0.15, -0.1) is 0 Å². The van der Waals surface area contributed by atoms with Gasteiger partial charge in [-0.2, -0.15) is 0 Å². The van der Waals surface area contributed by atoms with Crippen LogP contribution in [0, 0.1) is 0 Å². The van der Waals surface area contributed by atoms with Crippen molar-refractivity contribution in [2.24, 2.45) is 5.11 Å². The third-order valence-electron chi connectivity index (χ3n) is 2.37. The minimum absolute atomic E-state index is 0.398. The van der Waals surface area contributed by atoms with Gasteiger partial charge in [-0.25, -0.2) is 0 Å². The fraction of sp³-hybridized carbons (Fsp3) is 0.800. The number of hydrogen-bond acceptors (Lipinski definition) is 3. The molecule has 0 spiro atoms. The molecule has 0 rings (SSSR count). The van der Waals surface area contributed by atoms with Gasteiger partial charge in [-0.05, 0) is 32.2 Å². The van der Waals surface area contributed by atoms with Crippen LogP contribution in [0.5, 0.6) is 0 Å². The summed E-state index contributed by atoms with van der Waals surface area (Å²) in [5.41, 5.74) is 8.65. The average molecular weight is 213 g/mol. The van der Waals surface area contributed by atoms with Gasteiger partial charge in [0, 0.05) is 4.91 Å². The zero-order chi connectivity index (χ0) is 11.9. The van der Waals surface area contributed by atoms with Gasteiger partial charge in [-0.1, -0.05) is 23.7 Å². The highest BCUT2D eigenvalue weighted by Crippen LogP contribution is 2.23. The van der Waals surface area contributed by atoms with Crippen molar-refractivity contribution in [3.8, 4) is 0 Å². The van der Waals surface area contributed by atoms with Gasteiger partial charge >= 0.3 is 0 Å². The van der Waals surface area contributed by atoms with Crippen molar-refractivity contribution in [3.05, 3.63) is 22.1 Å². The van der Waals surface area contributed by atoms with E-state index < -0.39 is 18.2 Å². The quantitative estimate of drug-likeness (QED) is 0.306. The Morgan fingerprint density at radius 3 is 2.60 bits per heavy atom. The van der Waals surface area contributed by atoms with Crippen LogP contribution >= 0.6 is 0 Å². The molecule has 0 aromatic heterocycles. The van der Waals surface area contributed by atoms with Gasteiger partial charge in [0.2, 0.25) is 0 Å². The van der Waals surface area contributed by atoms with Crippen molar-refractivity contribution in [2.75, 3.05) is 6.61 Å². The number of hydrogen-bond donors (Lipinski definition) is 2. The van der Waals surface area contributed by atoms with Gasteiger partial charge < -0.3 is 10.2 Å². The Bertz CT molecular complexity index is 268. The normalized spacial score (nSPS) is 16.1. The zero-order valence-electron chi connectivity index (χ0n) is 9.51. The van der Waals surface area contributed by atoms with Crippen molar-refractivity contribution in [3.63, 3.8) is 0 Å². The maximum absolute atomic E-state index is 9.54. The van der Waals surface area contributed by atoms with Gasteiger partial charge in [0.1, 0.15) is 0 Å². The SMILES string of the molecule is CC(C)=CCC[C@](C)(N=[N+]=[N-])[C@@H](O)CO. The molecular formula is C10H19N3O2. The third-order valence-corrected chi connectivity index (χ3v) is 2.37. The van der Waals surface area contributed by atoms with Gasteiger partial charge in [0.25, 0.3) is 0 Å². The number of allylic oxidation sites excluding steroid dienone is 2. The standard InChI is InChI=1S/C10H19N3O2/c1-8(2)5-4-6-10(3,12-13-11)9(15)7-14/h5,9,14-15H,4,6-7H2,1-3H3/t9-,10-/m0/s1. The van der Waals surface area contributed by atoms with E-state index in [4.69, 9.17) is 10.6 Å². The van der Waals surface area contributed by atoms with Crippen LogP contribution < -0.4 is 0 Å². The molecule has 0 saturated heterocycles. The molecule has 0 heterocycles. The minimum atomic E-state index is -1.01. The predicted molar refractivity (Wildman–Crippen MR) is 59.3 cm³/mol. The van der Waals surface area contributed by atoms with Crippen LogP contribution in [0.25, 0.3) is 10.4 Å². The Kier molecular flexibility index (Phi) is 6.01. The Morgan fingerprint density at radius 1 is 1.60 bits per heavy atom. The molecule has 15 heavy (non-hydrogen) atoms. The topological polar surface area (TPSA) is 89.2 Å². The first kappa shape index (κ1) is 14.0. The van der Waals surface area contributed by atoms with Crippen LogP contribution in [0.2, 0.25) is 0 Å². The smallest absolute Gasteiger partial charge is 0.0881 e. The summed E-state index contributed by atoms with van der Waals surface area (Å²) in [5, 5.41) is 22.0. The molecular weight excluding hydrogens is 194 g/mol. The molecule has 0 unspecified atom stereocenters. The number of rotatable bonds is 6. The number of aliphatic hydroxyl groups is 2. The first-order valence-corrected chi connectivity index (χ1v) is 4.95. The summed E-state index contributed by atoms with van der Waals surface area (Å²) in [6, 6.07) is 0. The Morgan fingerprint density at radius 2 is 2.20 bits per heavy atom. The summed E-state index contributed by atoms with van der Waals surface area (Å²) in [6.45, 7) is 5.21. The van der Waals surface area contributed by atoms with E-state index in [1.54, 1.807) is 6.92 Å². The van der Waals surface area contributed by atoms with Crippen LogP contribution in [0.1, 0.15) is 33.6 Å².